The van der Waals surface area contributed by atoms with Crippen molar-refractivity contribution in [3.8, 4) is 0 Å². The number of hydrogen-bond donors (Lipinski definition) is 1. The first kappa shape index (κ1) is 13.4. The zero-order valence-corrected chi connectivity index (χ0v) is 11.5. The molecule has 0 saturated carbocycles. The minimum absolute atomic E-state index is 0.203. The van der Waals surface area contributed by atoms with E-state index in [1.54, 1.807) is 4.90 Å². The molecule has 21 heavy (non-hydrogen) atoms. The number of rotatable bonds is 2. The zero-order chi connectivity index (χ0) is 15.0. The number of carbonyl (C=O) groups is 3. The Hall–Kier alpha value is -2.57. The van der Waals surface area contributed by atoms with Crippen molar-refractivity contribution in [2.75, 3.05) is 25.0 Å². The van der Waals surface area contributed by atoms with Gasteiger partial charge in [-0.1, -0.05) is 17.7 Å². The molecule has 0 aliphatic carbocycles. The SMILES string of the molecule is Cc1ccc(NC(=O)N2CC(N3C(=O)COC3=O)C2)cc1. The highest BCUT2D eigenvalue weighted by atomic mass is 16.6. The van der Waals surface area contributed by atoms with Crippen LogP contribution in [-0.4, -0.2) is 53.6 Å². The van der Waals surface area contributed by atoms with Crippen molar-refractivity contribution in [3.05, 3.63) is 29.8 Å². The van der Waals surface area contributed by atoms with Gasteiger partial charge in [0.25, 0.3) is 5.91 Å². The van der Waals surface area contributed by atoms with E-state index in [1.165, 1.54) is 0 Å². The number of aryl methyl sites for hydroxylation is 1. The van der Waals surface area contributed by atoms with Gasteiger partial charge in [0, 0.05) is 18.8 Å². The summed E-state index contributed by atoms with van der Waals surface area (Å²) in [4.78, 5) is 37.5. The predicted molar refractivity (Wildman–Crippen MR) is 73.8 cm³/mol. The fourth-order valence-corrected chi connectivity index (χ4v) is 2.34. The molecule has 1 aromatic carbocycles. The lowest BCUT2D eigenvalue weighted by atomic mass is 10.1. The minimum atomic E-state index is -0.622. The molecule has 3 rings (SSSR count). The van der Waals surface area contributed by atoms with Crippen LogP contribution >= 0.6 is 0 Å². The minimum Gasteiger partial charge on any atom is -0.439 e. The molecule has 0 spiro atoms. The Morgan fingerprint density at radius 3 is 2.48 bits per heavy atom. The van der Waals surface area contributed by atoms with Gasteiger partial charge in [0.15, 0.2) is 6.61 Å². The van der Waals surface area contributed by atoms with Gasteiger partial charge < -0.3 is 15.0 Å². The lowest BCUT2D eigenvalue weighted by Gasteiger charge is -2.41. The van der Waals surface area contributed by atoms with Crippen molar-refractivity contribution in [3.63, 3.8) is 0 Å². The van der Waals surface area contributed by atoms with E-state index in [1.807, 2.05) is 31.2 Å². The number of nitrogens with zero attached hydrogens (tertiary/aromatic N) is 2. The second-order valence-corrected chi connectivity index (χ2v) is 5.17. The van der Waals surface area contributed by atoms with Crippen LogP contribution < -0.4 is 5.32 Å². The van der Waals surface area contributed by atoms with Crippen molar-refractivity contribution in [1.29, 1.82) is 0 Å². The summed E-state index contributed by atoms with van der Waals surface area (Å²) in [5.74, 6) is -0.344. The molecule has 1 aromatic rings. The zero-order valence-electron chi connectivity index (χ0n) is 11.5. The summed E-state index contributed by atoms with van der Waals surface area (Å²) in [5, 5.41) is 2.77. The number of carbonyl (C=O) groups excluding carboxylic acids is 3. The second kappa shape index (κ2) is 5.08. The van der Waals surface area contributed by atoms with Crippen molar-refractivity contribution in [2.45, 2.75) is 13.0 Å². The van der Waals surface area contributed by atoms with Gasteiger partial charge in [0.2, 0.25) is 0 Å². The Morgan fingerprint density at radius 2 is 1.90 bits per heavy atom. The first-order valence-electron chi connectivity index (χ1n) is 6.66. The van der Waals surface area contributed by atoms with Crippen LogP contribution in [0.3, 0.4) is 0 Å². The van der Waals surface area contributed by atoms with E-state index in [-0.39, 0.29) is 24.6 Å². The van der Waals surface area contributed by atoms with E-state index >= 15 is 0 Å². The maximum atomic E-state index is 12.0. The lowest BCUT2D eigenvalue weighted by Crippen LogP contribution is -2.63. The van der Waals surface area contributed by atoms with Crippen LogP contribution in [0, 0.1) is 6.92 Å². The summed E-state index contributed by atoms with van der Waals surface area (Å²) in [5.41, 5.74) is 1.83. The van der Waals surface area contributed by atoms with Crippen LogP contribution in [0.15, 0.2) is 24.3 Å². The Bertz CT molecular complexity index is 577. The van der Waals surface area contributed by atoms with Gasteiger partial charge in [-0.05, 0) is 19.1 Å². The Labute approximate surface area is 121 Å². The fourth-order valence-electron chi connectivity index (χ4n) is 2.34. The molecule has 7 nitrogen and oxygen atoms in total. The molecule has 7 heteroatoms. The number of likely N-dealkylation sites (tertiary alicyclic amines) is 1. The normalized spacial score (nSPS) is 18.5. The molecule has 110 valence electrons. The number of benzene rings is 1. The van der Waals surface area contributed by atoms with Gasteiger partial charge in [0.1, 0.15) is 0 Å². The molecule has 0 aromatic heterocycles. The van der Waals surface area contributed by atoms with E-state index in [0.717, 1.165) is 10.5 Å². The van der Waals surface area contributed by atoms with E-state index < -0.39 is 6.09 Å². The van der Waals surface area contributed by atoms with Crippen LogP contribution in [0.25, 0.3) is 0 Å². The number of nitrogens with one attached hydrogen (secondary N) is 1. The molecule has 4 amide bonds. The van der Waals surface area contributed by atoms with E-state index in [0.29, 0.717) is 18.8 Å². The molecule has 0 bridgehead atoms. The molecule has 0 radical (unpaired) electrons. The van der Waals surface area contributed by atoms with Crippen LogP contribution in [0.4, 0.5) is 15.3 Å². The molecule has 2 fully saturated rings. The summed E-state index contributed by atoms with van der Waals surface area (Å²) in [6, 6.07) is 6.95. The molecule has 1 N–H and O–H groups in total. The monoisotopic (exact) mass is 289 g/mol. The number of anilines is 1. The maximum absolute atomic E-state index is 12.0. The first-order valence-corrected chi connectivity index (χ1v) is 6.66. The number of ether oxygens (including phenoxy) is 1. The Balaban J connectivity index is 1.54. The maximum Gasteiger partial charge on any atom is 0.417 e. The second-order valence-electron chi connectivity index (χ2n) is 5.17. The number of amides is 4. The molecule has 2 saturated heterocycles. The van der Waals surface area contributed by atoms with Crippen LogP contribution in [-0.2, 0) is 9.53 Å². The third-order valence-electron chi connectivity index (χ3n) is 3.60. The van der Waals surface area contributed by atoms with Crippen molar-refractivity contribution in [2.24, 2.45) is 0 Å². The van der Waals surface area contributed by atoms with Gasteiger partial charge >= 0.3 is 12.1 Å². The van der Waals surface area contributed by atoms with Crippen molar-refractivity contribution >= 4 is 23.7 Å². The first-order chi connectivity index (χ1) is 10.0. The predicted octanol–water partition coefficient (Wildman–Crippen LogP) is 1.19. The average Bonchev–Trinajstić information content (AvgIpc) is 2.72. The number of urea groups is 1. The van der Waals surface area contributed by atoms with Crippen LogP contribution in [0.2, 0.25) is 0 Å². The van der Waals surface area contributed by atoms with E-state index in [4.69, 9.17) is 0 Å². The Morgan fingerprint density at radius 1 is 1.24 bits per heavy atom. The van der Waals surface area contributed by atoms with Gasteiger partial charge in [-0.25, -0.2) is 14.5 Å². The molecule has 2 aliphatic heterocycles. The van der Waals surface area contributed by atoms with Crippen molar-refractivity contribution < 1.29 is 19.1 Å². The van der Waals surface area contributed by atoms with Crippen LogP contribution in [0.5, 0.6) is 0 Å². The van der Waals surface area contributed by atoms with Gasteiger partial charge in [-0.15, -0.1) is 0 Å². The van der Waals surface area contributed by atoms with E-state index in [2.05, 4.69) is 10.1 Å². The number of hydrogen-bond acceptors (Lipinski definition) is 4. The van der Waals surface area contributed by atoms with Crippen molar-refractivity contribution in [1.82, 2.24) is 9.80 Å². The Kier molecular flexibility index (Phi) is 3.25. The molecule has 0 atom stereocenters. The number of imide groups is 1. The third-order valence-corrected chi connectivity index (χ3v) is 3.60. The number of cyclic esters (lactones) is 1. The topological polar surface area (TPSA) is 79.0 Å². The smallest absolute Gasteiger partial charge is 0.417 e. The van der Waals surface area contributed by atoms with E-state index in [9.17, 15) is 14.4 Å². The quantitative estimate of drug-likeness (QED) is 0.887. The third kappa shape index (κ3) is 2.54. The standard InChI is InChI=1S/C14H15N3O4/c1-9-2-4-10(5-3-9)15-13(19)16-6-11(7-16)17-12(18)8-21-14(17)20/h2-5,11H,6-8H2,1H3,(H,15,19). The average molecular weight is 289 g/mol. The highest BCUT2D eigenvalue weighted by Crippen LogP contribution is 2.20. The van der Waals surface area contributed by atoms with Gasteiger partial charge in [-0.2, -0.15) is 0 Å². The summed E-state index contributed by atoms with van der Waals surface area (Å²) in [7, 11) is 0. The molecular weight excluding hydrogens is 274 g/mol. The largest absolute Gasteiger partial charge is 0.439 e. The van der Waals surface area contributed by atoms with Gasteiger partial charge in [0.05, 0.1) is 6.04 Å². The molecular formula is C14H15N3O4. The molecule has 0 unspecified atom stereocenters. The molecule has 2 heterocycles. The highest BCUT2D eigenvalue weighted by Gasteiger charge is 2.44. The summed E-state index contributed by atoms with van der Waals surface area (Å²) in [6.45, 7) is 2.43. The lowest BCUT2D eigenvalue weighted by molar-refractivity contribution is -0.129. The summed E-state index contributed by atoms with van der Waals surface area (Å²) < 4.78 is 4.66. The van der Waals surface area contributed by atoms with Gasteiger partial charge in [-0.3, -0.25) is 4.79 Å². The summed E-state index contributed by atoms with van der Waals surface area (Å²) in [6.07, 6.45) is -0.622. The fraction of sp³-hybridized carbons (Fsp3) is 0.357. The van der Waals surface area contributed by atoms with Crippen LogP contribution in [0.1, 0.15) is 5.56 Å². The molecule has 2 aliphatic rings. The highest BCUT2D eigenvalue weighted by molar-refractivity contribution is 5.98. The summed E-state index contributed by atoms with van der Waals surface area (Å²) >= 11 is 0.